The number of carbonyl (C=O) groups excluding carboxylic acids is 1. The Kier molecular flexibility index (Phi) is 4.12. The first kappa shape index (κ1) is 14.7. The minimum absolute atomic E-state index is 0.154. The Balaban J connectivity index is 1.75. The van der Waals surface area contributed by atoms with Crippen molar-refractivity contribution in [3.8, 4) is 0 Å². The van der Waals surface area contributed by atoms with Crippen molar-refractivity contribution >= 4 is 5.91 Å². The van der Waals surface area contributed by atoms with Crippen LogP contribution in [0.3, 0.4) is 0 Å². The molecule has 4 bridgehead atoms. The molecule has 3 rings (SSSR count). The fourth-order valence-corrected chi connectivity index (χ4v) is 3.76. The summed E-state index contributed by atoms with van der Waals surface area (Å²) in [6.45, 7) is 3.06. The van der Waals surface area contributed by atoms with Gasteiger partial charge < -0.3 is 14.4 Å². The van der Waals surface area contributed by atoms with Crippen LogP contribution in [0.2, 0.25) is 0 Å². The topological polar surface area (TPSA) is 81.9 Å². The van der Waals surface area contributed by atoms with E-state index < -0.39 is 17.3 Å². The maximum Gasteiger partial charge on any atom is 0.298 e. The van der Waals surface area contributed by atoms with Crippen molar-refractivity contribution in [2.75, 3.05) is 13.2 Å². The highest BCUT2D eigenvalue weighted by atomic mass is 16.7. The zero-order valence-electron chi connectivity index (χ0n) is 12.3. The lowest BCUT2D eigenvalue weighted by molar-refractivity contribution is -0.525. The van der Waals surface area contributed by atoms with Crippen molar-refractivity contribution in [1.29, 1.82) is 0 Å². The molecule has 0 aromatic carbocycles. The number of nitro groups is 1. The molecular formula is C14H22N2O5. The Morgan fingerprint density at radius 1 is 1.38 bits per heavy atom. The number of hydrogen-bond donors (Lipinski definition) is 0. The standard InChI is InChI=1S/C14H22N2O5/c1-2-3-4-5-6-15-10-7-9(11-8-20-14(10)21-11)12(13(15)17)16(18)19/h9-12,14H,2-8H2,1H3/t9-,10+,11+,12-,14+/m0/s1. The van der Waals surface area contributed by atoms with Gasteiger partial charge in [-0.15, -0.1) is 0 Å². The van der Waals surface area contributed by atoms with Gasteiger partial charge in [0.2, 0.25) is 0 Å². The van der Waals surface area contributed by atoms with Crippen LogP contribution in [0.1, 0.15) is 39.0 Å². The molecule has 0 aliphatic carbocycles. The molecule has 3 fully saturated rings. The Bertz CT molecular complexity index is 430. The van der Waals surface area contributed by atoms with E-state index in [0.717, 1.165) is 25.7 Å². The number of likely N-dealkylation sites (tertiary alicyclic amines) is 1. The molecule has 0 N–H and O–H groups in total. The minimum Gasteiger partial charge on any atom is -0.348 e. The summed E-state index contributed by atoms with van der Waals surface area (Å²) in [6, 6.07) is -1.32. The molecule has 3 aliphatic rings. The van der Waals surface area contributed by atoms with Crippen LogP contribution in [0.4, 0.5) is 0 Å². The largest absolute Gasteiger partial charge is 0.348 e. The third-order valence-corrected chi connectivity index (χ3v) is 4.86. The average molecular weight is 298 g/mol. The van der Waals surface area contributed by atoms with E-state index in [9.17, 15) is 14.9 Å². The fourth-order valence-electron chi connectivity index (χ4n) is 3.76. The maximum absolute atomic E-state index is 12.5. The summed E-state index contributed by atoms with van der Waals surface area (Å²) in [5, 5.41) is 11.3. The van der Waals surface area contributed by atoms with Gasteiger partial charge in [0.1, 0.15) is 0 Å². The Labute approximate surface area is 123 Å². The molecule has 1 amide bonds. The van der Waals surface area contributed by atoms with E-state index in [4.69, 9.17) is 9.47 Å². The second-order valence-electron chi connectivity index (χ2n) is 6.17. The summed E-state index contributed by atoms with van der Waals surface area (Å²) >= 11 is 0. The normalized spacial score (nSPS) is 37.9. The third kappa shape index (κ3) is 2.53. The Morgan fingerprint density at radius 2 is 2.19 bits per heavy atom. The van der Waals surface area contributed by atoms with Crippen LogP contribution in [-0.2, 0) is 14.3 Å². The summed E-state index contributed by atoms with van der Waals surface area (Å²) in [7, 11) is 0. The van der Waals surface area contributed by atoms with Gasteiger partial charge in [-0.05, 0) is 12.8 Å². The zero-order chi connectivity index (χ0) is 15.0. The van der Waals surface area contributed by atoms with Gasteiger partial charge in [-0.3, -0.25) is 14.9 Å². The third-order valence-electron chi connectivity index (χ3n) is 4.86. The van der Waals surface area contributed by atoms with E-state index in [1.807, 2.05) is 0 Å². The second kappa shape index (κ2) is 5.88. The molecule has 0 aromatic rings. The van der Waals surface area contributed by atoms with Crippen LogP contribution >= 0.6 is 0 Å². The Morgan fingerprint density at radius 3 is 2.90 bits per heavy atom. The van der Waals surface area contributed by atoms with Crippen molar-refractivity contribution in [1.82, 2.24) is 4.90 Å². The lowest BCUT2D eigenvalue weighted by atomic mass is 9.81. The van der Waals surface area contributed by atoms with Gasteiger partial charge in [0, 0.05) is 11.5 Å². The van der Waals surface area contributed by atoms with Crippen LogP contribution in [0, 0.1) is 16.0 Å². The van der Waals surface area contributed by atoms with Crippen LogP contribution in [0.25, 0.3) is 0 Å². The number of carbonyl (C=O) groups is 1. The van der Waals surface area contributed by atoms with Crippen molar-refractivity contribution in [3.63, 3.8) is 0 Å². The lowest BCUT2D eigenvalue weighted by Gasteiger charge is -2.45. The van der Waals surface area contributed by atoms with Gasteiger partial charge >= 0.3 is 0 Å². The first-order valence-corrected chi connectivity index (χ1v) is 7.84. The van der Waals surface area contributed by atoms with E-state index in [1.165, 1.54) is 0 Å². The molecule has 3 aliphatic heterocycles. The van der Waals surface area contributed by atoms with Crippen molar-refractivity contribution in [3.05, 3.63) is 10.1 Å². The highest BCUT2D eigenvalue weighted by molar-refractivity contribution is 5.82. The molecule has 7 nitrogen and oxygen atoms in total. The molecule has 7 heteroatoms. The first-order chi connectivity index (χ1) is 10.1. The number of hydrogen-bond acceptors (Lipinski definition) is 5. The number of piperidine rings is 1. The summed E-state index contributed by atoms with van der Waals surface area (Å²) in [6.07, 6.45) is 4.08. The van der Waals surface area contributed by atoms with Crippen LogP contribution in [0.15, 0.2) is 0 Å². The highest BCUT2D eigenvalue weighted by Gasteiger charge is 2.60. The molecule has 21 heavy (non-hydrogen) atoms. The average Bonchev–Trinajstić information content (AvgIpc) is 2.88. The van der Waals surface area contributed by atoms with Crippen LogP contribution in [-0.4, -0.2) is 53.4 Å². The molecule has 5 atom stereocenters. The maximum atomic E-state index is 12.5. The summed E-state index contributed by atoms with van der Waals surface area (Å²) < 4.78 is 11.3. The van der Waals surface area contributed by atoms with Gasteiger partial charge in [0.15, 0.2) is 6.29 Å². The van der Waals surface area contributed by atoms with Gasteiger partial charge in [-0.2, -0.15) is 0 Å². The van der Waals surface area contributed by atoms with Crippen molar-refractivity contribution in [2.24, 2.45) is 5.92 Å². The number of rotatable bonds is 6. The Hall–Kier alpha value is -1.21. The van der Waals surface area contributed by atoms with Gasteiger partial charge in [0.05, 0.1) is 24.7 Å². The quantitative estimate of drug-likeness (QED) is 0.418. The smallest absolute Gasteiger partial charge is 0.298 e. The van der Waals surface area contributed by atoms with E-state index in [2.05, 4.69) is 6.92 Å². The SMILES string of the molecule is CCCCCCN1C(=O)[C@@H]([N+](=O)[O-])[C@H]2C[C@@H]1[C@@H]1OC[C@H]2O1. The number of unbranched alkanes of at least 4 members (excludes halogenated alkanes) is 3. The minimum atomic E-state index is -1.17. The number of ether oxygens (including phenoxy) is 2. The molecule has 0 spiro atoms. The molecule has 3 saturated heterocycles. The van der Waals surface area contributed by atoms with Crippen LogP contribution < -0.4 is 0 Å². The molecule has 118 valence electrons. The van der Waals surface area contributed by atoms with Crippen molar-refractivity contribution in [2.45, 2.75) is 63.5 Å². The molecule has 3 heterocycles. The number of amides is 1. The fraction of sp³-hybridized carbons (Fsp3) is 0.929. The summed E-state index contributed by atoms with van der Waals surface area (Å²) in [5.74, 6) is -0.690. The van der Waals surface area contributed by atoms with E-state index in [-0.39, 0.29) is 24.0 Å². The molecular weight excluding hydrogens is 276 g/mol. The monoisotopic (exact) mass is 298 g/mol. The predicted molar refractivity (Wildman–Crippen MR) is 73.1 cm³/mol. The molecule has 0 aromatic heterocycles. The summed E-state index contributed by atoms with van der Waals surface area (Å²) in [4.78, 5) is 25.1. The molecule has 0 saturated carbocycles. The van der Waals surface area contributed by atoms with E-state index >= 15 is 0 Å². The summed E-state index contributed by atoms with van der Waals surface area (Å²) in [5.41, 5.74) is 0. The first-order valence-electron chi connectivity index (χ1n) is 7.84. The van der Waals surface area contributed by atoms with Crippen molar-refractivity contribution < 1.29 is 19.2 Å². The second-order valence-corrected chi connectivity index (χ2v) is 6.17. The lowest BCUT2D eigenvalue weighted by Crippen LogP contribution is -2.64. The molecule has 0 radical (unpaired) electrons. The van der Waals surface area contributed by atoms with Gasteiger partial charge in [-0.25, -0.2) is 0 Å². The predicted octanol–water partition coefficient (Wildman–Crippen LogP) is 1.18. The van der Waals surface area contributed by atoms with Crippen LogP contribution in [0.5, 0.6) is 0 Å². The molecule has 0 unspecified atom stereocenters. The zero-order valence-corrected chi connectivity index (χ0v) is 12.3. The number of nitrogens with zero attached hydrogens (tertiary/aromatic N) is 2. The van der Waals surface area contributed by atoms with Gasteiger partial charge in [-0.1, -0.05) is 26.2 Å². The van der Waals surface area contributed by atoms with Gasteiger partial charge in [0.25, 0.3) is 11.9 Å². The van der Waals surface area contributed by atoms with E-state index in [1.54, 1.807) is 4.90 Å². The highest BCUT2D eigenvalue weighted by Crippen LogP contribution is 2.41. The van der Waals surface area contributed by atoms with E-state index in [0.29, 0.717) is 19.6 Å². The number of fused-ring (bicyclic) bond motifs is 6.